The van der Waals surface area contributed by atoms with Crippen LogP contribution in [0.1, 0.15) is 38.2 Å². The van der Waals surface area contributed by atoms with Crippen molar-refractivity contribution in [3.8, 4) is 5.75 Å². The minimum atomic E-state index is 0. The lowest BCUT2D eigenvalue weighted by Gasteiger charge is -2.36. The number of nitrogens with zero attached hydrogens (tertiary/aromatic N) is 1. The number of ether oxygens (including phenoxy) is 2. The van der Waals surface area contributed by atoms with Crippen molar-refractivity contribution in [2.24, 2.45) is 4.99 Å². The molecule has 0 saturated carbocycles. The fourth-order valence-electron chi connectivity index (χ4n) is 3.83. The molecule has 0 spiro atoms. The highest BCUT2D eigenvalue weighted by Crippen LogP contribution is 2.36. The van der Waals surface area contributed by atoms with E-state index in [1.165, 1.54) is 24.2 Å². The fourth-order valence-corrected chi connectivity index (χ4v) is 5.03. The molecule has 28 heavy (non-hydrogen) atoms. The Morgan fingerprint density at radius 2 is 2.00 bits per heavy atom. The van der Waals surface area contributed by atoms with Crippen LogP contribution in [-0.2, 0) is 10.2 Å². The van der Waals surface area contributed by atoms with Gasteiger partial charge in [-0.05, 0) is 56.1 Å². The fraction of sp³-hybridized carbons (Fsp3) is 0.667. The van der Waals surface area contributed by atoms with Crippen LogP contribution in [0.15, 0.2) is 29.3 Å². The Morgan fingerprint density at radius 1 is 1.25 bits per heavy atom. The molecule has 5 nitrogen and oxygen atoms in total. The van der Waals surface area contributed by atoms with E-state index >= 15 is 0 Å². The van der Waals surface area contributed by atoms with E-state index in [9.17, 15) is 0 Å². The van der Waals surface area contributed by atoms with Gasteiger partial charge < -0.3 is 20.1 Å². The third kappa shape index (κ3) is 6.42. The molecule has 1 unspecified atom stereocenters. The van der Waals surface area contributed by atoms with Gasteiger partial charge in [-0.25, -0.2) is 0 Å². The van der Waals surface area contributed by atoms with Gasteiger partial charge in [0.2, 0.25) is 0 Å². The molecule has 0 radical (unpaired) electrons. The summed E-state index contributed by atoms with van der Waals surface area (Å²) in [7, 11) is 1.71. The van der Waals surface area contributed by atoms with Gasteiger partial charge in [-0.3, -0.25) is 4.99 Å². The molecule has 2 aliphatic heterocycles. The van der Waals surface area contributed by atoms with Crippen LogP contribution in [-0.4, -0.2) is 56.9 Å². The van der Waals surface area contributed by atoms with Crippen molar-refractivity contribution in [1.82, 2.24) is 10.6 Å². The second-order valence-electron chi connectivity index (χ2n) is 7.33. The SMILES string of the molecule is CCNC(=NCC1(c2ccc(OC)cc2)CCOCC1)NCC1CCCS1.I. The van der Waals surface area contributed by atoms with E-state index in [4.69, 9.17) is 14.5 Å². The minimum Gasteiger partial charge on any atom is -0.497 e. The molecule has 3 rings (SSSR count). The van der Waals surface area contributed by atoms with E-state index in [0.29, 0.717) is 5.25 Å². The molecule has 0 bridgehead atoms. The molecule has 2 N–H and O–H groups in total. The van der Waals surface area contributed by atoms with Crippen molar-refractivity contribution in [3.05, 3.63) is 29.8 Å². The first-order valence-electron chi connectivity index (χ1n) is 10.1. The van der Waals surface area contributed by atoms with E-state index in [-0.39, 0.29) is 29.4 Å². The van der Waals surface area contributed by atoms with Crippen LogP contribution >= 0.6 is 35.7 Å². The van der Waals surface area contributed by atoms with E-state index in [2.05, 4.69) is 53.6 Å². The number of halogens is 1. The van der Waals surface area contributed by atoms with Gasteiger partial charge >= 0.3 is 0 Å². The summed E-state index contributed by atoms with van der Waals surface area (Å²) in [6.45, 7) is 6.36. The second-order valence-corrected chi connectivity index (χ2v) is 8.74. The lowest BCUT2D eigenvalue weighted by atomic mass is 9.74. The molecule has 0 aliphatic carbocycles. The topological polar surface area (TPSA) is 54.9 Å². The number of aliphatic imine (C=N–C) groups is 1. The molecule has 0 amide bonds. The zero-order chi connectivity index (χ0) is 19.0. The molecular formula is C21H34IN3O2S. The lowest BCUT2D eigenvalue weighted by Crippen LogP contribution is -2.42. The van der Waals surface area contributed by atoms with Crippen molar-refractivity contribution < 1.29 is 9.47 Å². The number of benzene rings is 1. The summed E-state index contributed by atoms with van der Waals surface area (Å²) in [4.78, 5) is 4.99. The summed E-state index contributed by atoms with van der Waals surface area (Å²) in [5, 5.41) is 7.68. The van der Waals surface area contributed by atoms with Gasteiger partial charge in [0.1, 0.15) is 5.75 Å². The van der Waals surface area contributed by atoms with E-state index in [1.54, 1.807) is 7.11 Å². The monoisotopic (exact) mass is 519 g/mol. The van der Waals surface area contributed by atoms with Crippen molar-refractivity contribution in [3.63, 3.8) is 0 Å². The van der Waals surface area contributed by atoms with Crippen LogP contribution in [0.4, 0.5) is 0 Å². The number of methoxy groups -OCH3 is 1. The Bertz CT molecular complexity index is 600. The van der Waals surface area contributed by atoms with Crippen LogP contribution in [0.2, 0.25) is 0 Å². The zero-order valence-corrected chi connectivity index (χ0v) is 20.2. The normalized spacial score (nSPS) is 21.6. The van der Waals surface area contributed by atoms with Gasteiger partial charge in [-0.15, -0.1) is 24.0 Å². The van der Waals surface area contributed by atoms with Crippen molar-refractivity contribution in [2.45, 2.75) is 43.3 Å². The summed E-state index contributed by atoms with van der Waals surface area (Å²) in [5.74, 6) is 3.12. The number of nitrogens with one attached hydrogen (secondary N) is 2. The summed E-state index contributed by atoms with van der Waals surface area (Å²) in [6, 6.07) is 8.48. The van der Waals surface area contributed by atoms with Gasteiger partial charge in [-0.1, -0.05) is 12.1 Å². The molecule has 158 valence electrons. The molecule has 2 aliphatic rings. The van der Waals surface area contributed by atoms with E-state index < -0.39 is 0 Å². The number of hydrogen-bond acceptors (Lipinski definition) is 4. The van der Waals surface area contributed by atoms with Crippen molar-refractivity contribution in [2.75, 3.05) is 45.7 Å². The van der Waals surface area contributed by atoms with Gasteiger partial charge in [0.15, 0.2) is 5.96 Å². The van der Waals surface area contributed by atoms with E-state index in [1.807, 2.05) is 0 Å². The summed E-state index contributed by atoms with van der Waals surface area (Å²) in [6.07, 6.45) is 4.65. The van der Waals surface area contributed by atoms with Gasteiger partial charge in [0.05, 0.1) is 13.7 Å². The second kappa shape index (κ2) is 12.1. The average Bonchev–Trinajstić information content (AvgIpc) is 3.24. The maximum atomic E-state index is 5.65. The first-order valence-corrected chi connectivity index (χ1v) is 11.2. The van der Waals surface area contributed by atoms with Crippen molar-refractivity contribution >= 4 is 41.7 Å². The number of rotatable bonds is 7. The van der Waals surface area contributed by atoms with Crippen molar-refractivity contribution in [1.29, 1.82) is 0 Å². The number of thioether (sulfide) groups is 1. The van der Waals surface area contributed by atoms with Gasteiger partial charge in [0, 0.05) is 37.0 Å². The van der Waals surface area contributed by atoms with Crippen LogP contribution in [0.3, 0.4) is 0 Å². The minimum absolute atomic E-state index is 0. The van der Waals surface area contributed by atoms with Crippen LogP contribution < -0.4 is 15.4 Å². The third-order valence-electron chi connectivity index (χ3n) is 5.56. The predicted molar refractivity (Wildman–Crippen MR) is 130 cm³/mol. The maximum Gasteiger partial charge on any atom is 0.191 e. The molecule has 1 aromatic rings. The molecule has 1 aromatic carbocycles. The quantitative estimate of drug-likeness (QED) is 0.326. The molecule has 2 saturated heterocycles. The Kier molecular flexibility index (Phi) is 10.2. The molecule has 2 heterocycles. The Labute approximate surface area is 190 Å². The highest BCUT2D eigenvalue weighted by atomic mass is 127. The third-order valence-corrected chi connectivity index (χ3v) is 6.96. The van der Waals surface area contributed by atoms with Gasteiger partial charge in [-0.2, -0.15) is 11.8 Å². The first-order chi connectivity index (χ1) is 13.3. The Morgan fingerprint density at radius 3 is 2.61 bits per heavy atom. The smallest absolute Gasteiger partial charge is 0.191 e. The van der Waals surface area contributed by atoms with Crippen LogP contribution in [0.5, 0.6) is 5.75 Å². The maximum absolute atomic E-state index is 5.65. The predicted octanol–water partition coefficient (Wildman–Crippen LogP) is 3.81. The molecule has 2 fully saturated rings. The highest BCUT2D eigenvalue weighted by Gasteiger charge is 2.34. The van der Waals surface area contributed by atoms with E-state index in [0.717, 1.165) is 57.4 Å². The lowest BCUT2D eigenvalue weighted by molar-refractivity contribution is 0.0531. The average molecular weight is 519 g/mol. The summed E-state index contributed by atoms with van der Waals surface area (Å²) in [5.41, 5.74) is 1.37. The van der Waals surface area contributed by atoms with Gasteiger partial charge in [0.25, 0.3) is 0 Å². The Hall–Kier alpha value is -0.670. The molecule has 0 aromatic heterocycles. The van der Waals surface area contributed by atoms with Crippen LogP contribution in [0.25, 0.3) is 0 Å². The zero-order valence-electron chi connectivity index (χ0n) is 17.0. The molecule has 7 heteroatoms. The highest BCUT2D eigenvalue weighted by molar-refractivity contribution is 14.0. The Balaban J connectivity index is 0.00000280. The first kappa shape index (κ1) is 23.6. The largest absolute Gasteiger partial charge is 0.497 e. The number of hydrogen-bond donors (Lipinski definition) is 2. The molecule has 1 atom stereocenters. The summed E-state index contributed by atoms with van der Waals surface area (Å²) >= 11 is 2.07. The van der Waals surface area contributed by atoms with Crippen LogP contribution in [0, 0.1) is 0 Å². The summed E-state index contributed by atoms with van der Waals surface area (Å²) < 4.78 is 11.0. The standard InChI is InChI=1S/C21H33N3O2S.HI/c1-3-22-20(23-15-19-5-4-14-27-19)24-16-21(10-12-26-13-11-21)17-6-8-18(25-2)9-7-17;/h6-9,19H,3-5,10-16H2,1-2H3,(H2,22,23,24);1H. The molecular weight excluding hydrogens is 485 g/mol. The number of guanidine groups is 1.